The lowest BCUT2D eigenvalue weighted by Gasteiger charge is -2.36. The summed E-state index contributed by atoms with van der Waals surface area (Å²) in [5.41, 5.74) is 1.23. The van der Waals surface area contributed by atoms with Gasteiger partial charge in [0.05, 0.1) is 0 Å². The fraction of sp³-hybridized carbons (Fsp3) is 0.429. The molecular weight excluding hydrogens is 245 g/mol. The molecule has 0 radical (unpaired) electrons. The molecule has 0 amide bonds. The number of hydrogen-bond acceptors (Lipinski definition) is 4. The molecule has 1 aliphatic rings. The van der Waals surface area contributed by atoms with Crippen LogP contribution in [0.3, 0.4) is 0 Å². The van der Waals surface area contributed by atoms with Gasteiger partial charge in [-0.05, 0) is 36.5 Å². The molecule has 19 heavy (non-hydrogen) atoms. The van der Waals surface area contributed by atoms with Gasteiger partial charge in [-0.25, -0.2) is 4.39 Å². The monoisotopic (exact) mass is 261 g/mol. The number of benzene rings is 1. The number of nitrogens with zero attached hydrogens (tertiary/aromatic N) is 2. The summed E-state index contributed by atoms with van der Waals surface area (Å²) in [6, 6.07) is 7.38. The van der Waals surface area contributed by atoms with Crippen LogP contribution in [-0.2, 0) is 6.42 Å². The molecule has 0 saturated heterocycles. The average molecular weight is 261 g/mol. The Balaban J connectivity index is 1.39. The van der Waals surface area contributed by atoms with E-state index >= 15 is 0 Å². The third-order valence-electron chi connectivity index (χ3n) is 3.67. The van der Waals surface area contributed by atoms with Gasteiger partial charge in [0.25, 0.3) is 0 Å². The van der Waals surface area contributed by atoms with Crippen molar-refractivity contribution in [3.05, 3.63) is 47.9 Å². The molecule has 0 spiro atoms. The molecule has 1 heterocycles. The van der Waals surface area contributed by atoms with Crippen LogP contribution in [0, 0.1) is 5.82 Å². The van der Waals surface area contributed by atoms with Gasteiger partial charge in [0.1, 0.15) is 5.82 Å². The van der Waals surface area contributed by atoms with Gasteiger partial charge in [0, 0.05) is 19.0 Å². The summed E-state index contributed by atoms with van der Waals surface area (Å²) < 4.78 is 17.5. The molecule has 0 bridgehead atoms. The van der Waals surface area contributed by atoms with Crippen LogP contribution in [-0.4, -0.2) is 22.7 Å². The van der Waals surface area contributed by atoms with Crippen LogP contribution in [0.2, 0.25) is 0 Å². The Labute approximate surface area is 111 Å². The van der Waals surface area contributed by atoms with Crippen molar-refractivity contribution in [2.45, 2.75) is 31.2 Å². The lowest BCUT2D eigenvalue weighted by Crippen LogP contribution is -2.41. The van der Waals surface area contributed by atoms with Gasteiger partial charge in [-0.2, -0.15) is 4.98 Å². The minimum absolute atomic E-state index is 0.169. The van der Waals surface area contributed by atoms with E-state index in [1.807, 2.05) is 12.1 Å². The molecule has 0 atom stereocenters. The zero-order valence-electron chi connectivity index (χ0n) is 10.6. The Morgan fingerprint density at radius 1 is 1.26 bits per heavy atom. The highest BCUT2D eigenvalue weighted by atomic mass is 19.1. The summed E-state index contributed by atoms with van der Waals surface area (Å²) >= 11 is 0. The second kappa shape index (κ2) is 5.48. The van der Waals surface area contributed by atoms with Gasteiger partial charge in [0.15, 0.2) is 5.82 Å². The maximum Gasteiger partial charge on any atom is 0.213 e. The van der Waals surface area contributed by atoms with Crippen LogP contribution >= 0.6 is 0 Å². The van der Waals surface area contributed by atoms with Gasteiger partial charge >= 0.3 is 0 Å². The van der Waals surface area contributed by atoms with Gasteiger partial charge in [-0.1, -0.05) is 17.3 Å². The standard InChI is InChI=1S/C14H16FN3O/c15-12-3-1-10(2-4-12)11-7-13(8-11)16-6-5-14-17-9-19-18-14/h1-4,9,11,13,16H,5-8H2. The molecule has 0 unspecified atom stereocenters. The Bertz CT molecular complexity index is 506. The van der Waals surface area contributed by atoms with E-state index in [-0.39, 0.29) is 5.82 Å². The maximum atomic E-state index is 12.8. The predicted molar refractivity (Wildman–Crippen MR) is 68.2 cm³/mol. The van der Waals surface area contributed by atoms with Crippen molar-refractivity contribution in [2.24, 2.45) is 0 Å². The second-order valence-corrected chi connectivity index (χ2v) is 4.97. The van der Waals surface area contributed by atoms with E-state index in [9.17, 15) is 4.39 Å². The molecule has 100 valence electrons. The summed E-state index contributed by atoms with van der Waals surface area (Å²) in [6.45, 7) is 0.861. The molecule has 1 aromatic heterocycles. The predicted octanol–water partition coefficient (Wildman–Crippen LogP) is 2.29. The van der Waals surface area contributed by atoms with E-state index < -0.39 is 0 Å². The summed E-state index contributed by atoms with van der Waals surface area (Å²) in [6.07, 6.45) is 4.35. The topological polar surface area (TPSA) is 51.0 Å². The minimum atomic E-state index is -0.169. The van der Waals surface area contributed by atoms with Crippen LogP contribution in [0.1, 0.15) is 30.1 Å². The van der Waals surface area contributed by atoms with Crippen molar-refractivity contribution in [3.63, 3.8) is 0 Å². The summed E-state index contributed by atoms with van der Waals surface area (Å²) in [5.74, 6) is 1.13. The Kier molecular flexibility index (Phi) is 3.55. The molecule has 4 nitrogen and oxygen atoms in total. The number of halogens is 1. The average Bonchev–Trinajstić information content (AvgIpc) is 2.87. The second-order valence-electron chi connectivity index (χ2n) is 4.97. The summed E-state index contributed by atoms with van der Waals surface area (Å²) in [4.78, 5) is 3.97. The number of rotatable bonds is 5. The number of nitrogens with one attached hydrogen (secondary N) is 1. The highest BCUT2D eigenvalue weighted by Gasteiger charge is 2.29. The van der Waals surface area contributed by atoms with Crippen LogP contribution < -0.4 is 5.32 Å². The van der Waals surface area contributed by atoms with Crippen molar-refractivity contribution in [3.8, 4) is 0 Å². The first-order valence-electron chi connectivity index (χ1n) is 6.55. The quantitative estimate of drug-likeness (QED) is 0.897. The Hall–Kier alpha value is -1.75. The first-order valence-corrected chi connectivity index (χ1v) is 6.55. The fourth-order valence-corrected chi connectivity index (χ4v) is 2.48. The lowest BCUT2D eigenvalue weighted by molar-refractivity contribution is 0.291. The summed E-state index contributed by atoms with van der Waals surface area (Å²) in [7, 11) is 0. The molecule has 1 aliphatic carbocycles. The van der Waals surface area contributed by atoms with Crippen molar-refractivity contribution in [1.82, 2.24) is 15.5 Å². The summed E-state index contributed by atoms with van der Waals surface area (Å²) in [5, 5.41) is 7.24. The fourth-order valence-electron chi connectivity index (χ4n) is 2.48. The van der Waals surface area contributed by atoms with Crippen LogP contribution in [0.5, 0.6) is 0 Å². The molecular formula is C14H16FN3O. The number of aromatic nitrogens is 2. The van der Waals surface area contributed by atoms with Gasteiger partial charge in [-0.3, -0.25) is 0 Å². The van der Waals surface area contributed by atoms with Crippen LogP contribution in [0.15, 0.2) is 35.2 Å². The zero-order valence-corrected chi connectivity index (χ0v) is 10.6. The zero-order chi connectivity index (χ0) is 13.1. The Morgan fingerprint density at radius 3 is 2.74 bits per heavy atom. The maximum absolute atomic E-state index is 12.8. The molecule has 1 fully saturated rings. The normalized spacial score (nSPS) is 22.2. The van der Waals surface area contributed by atoms with Crippen molar-refractivity contribution in [1.29, 1.82) is 0 Å². The molecule has 5 heteroatoms. The van der Waals surface area contributed by atoms with E-state index in [0.29, 0.717) is 12.0 Å². The largest absolute Gasteiger partial charge is 0.343 e. The molecule has 1 aromatic carbocycles. The van der Waals surface area contributed by atoms with E-state index in [2.05, 4.69) is 20.0 Å². The van der Waals surface area contributed by atoms with E-state index in [1.165, 1.54) is 24.1 Å². The van der Waals surface area contributed by atoms with Crippen molar-refractivity contribution in [2.75, 3.05) is 6.54 Å². The number of hydrogen-bond donors (Lipinski definition) is 1. The molecule has 2 aromatic rings. The SMILES string of the molecule is Fc1ccc(C2CC(NCCc3ncon3)C2)cc1. The Morgan fingerprint density at radius 2 is 2.05 bits per heavy atom. The highest BCUT2D eigenvalue weighted by molar-refractivity contribution is 5.23. The van der Waals surface area contributed by atoms with Crippen LogP contribution in [0.25, 0.3) is 0 Å². The van der Waals surface area contributed by atoms with Crippen molar-refractivity contribution >= 4 is 0 Å². The minimum Gasteiger partial charge on any atom is -0.343 e. The third-order valence-corrected chi connectivity index (χ3v) is 3.67. The first-order chi connectivity index (χ1) is 9.31. The van der Waals surface area contributed by atoms with E-state index in [0.717, 1.165) is 31.6 Å². The molecule has 1 N–H and O–H groups in total. The smallest absolute Gasteiger partial charge is 0.213 e. The third kappa shape index (κ3) is 2.98. The highest BCUT2D eigenvalue weighted by Crippen LogP contribution is 2.36. The van der Waals surface area contributed by atoms with Gasteiger partial charge < -0.3 is 9.84 Å². The molecule has 3 rings (SSSR count). The van der Waals surface area contributed by atoms with E-state index in [4.69, 9.17) is 0 Å². The van der Waals surface area contributed by atoms with E-state index in [1.54, 1.807) is 0 Å². The molecule has 1 saturated carbocycles. The lowest BCUT2D eigenvalue weighted by atomic mass is 9.76. The van der Waals surface area contributed by atoms with Gasteiger partial charge in [0.2, 0.25) is 6.39 Å². The van der Waals surface area contributed by atoms with Crippen molar-refractivity contribution < 1.29 is 8.91 Å². The first kappa shape index (κ1) is 12.3. The van der Waals surface area contributed by atoms with Gasteiger partial charge in [-0.15, -0.1) is 0 Å². The van der Waals surface area contributed by atoms with Crippen LogP contribution in [0.4, 0.5) is 4.39 Å². The molecule has 0 aliphatic heterocycles.